The average molecular weight is 433 g/mol. The smallest absolute Gasteiger partial charge is 0.231 e. The number of nitrogens with zero attached hydrogens (tertiary/aromatic N) is 4. The van der Waals surface area contributed by atoms with Crippen molar-refractivity contribution >= 4 is 17.5 Å². The van der Waals surface area contributed by atoms with Gasteiger partial charge in [0.25, 0.3) is 0 Å². The van der Waals surface area contributed by atoms with E-state index in [1.807, 2.05) is 73.0 Å². The summed E-state index contributed by atoms with van der Waals surface area (Å²) in [6.45, 7) is 4.19. The molecule has 0 fully saturated rings. The highest BCUT2D eigenvalue weighted by Gasteiger charge is 2.20. The highest BCUT2D eigenvalue weighted by molar-refractivity contribution is 7.99. The minimum atomic E-state index is 0.0488. The molecule has 3 heterocycles. The zero-order valence-corrected chi connectivity index (χ0v) is 17.9. The third kappa shape index (κ3) is 3.59. The van der Waals surface area contributed by atoms with Crippen LogP contribution in [0, 0.1) is 13.8 Å². The predicted octanol–water partition coefficient (Wildman–Crippen LogP) is 4.38. The molecule has 0 saturated carbocycles. The fourth-order valence-electron chi connectivity index (χ4n) is 3.76. The first-order chi connectivity index (χ1) is 15.1. The first kappa shape index (κ1) is 19.4. The molecule has 0 saturated heterocycles. The Kier molecular flexibility index (Phi) is 4.99. The topological polar surface area (TPSA) is 71.2 Å². The third-order valence-corrected chi connectivity index (χ3v) is 6.17. The number of carbonyl (C=O) groups is 1. The van der Waals surface area contributed by atoms with Gasteiger partial charge in [-0.3, -0.25) is 9.36 Å². The highest BCUT2D eigenvalue weighted by Crippen LogP contribution is 2.35. The molecular weight excluding hydrogens is 412 g/mol. The van der Waals surface area contributed by atoms with Crippen LogP contribution in [0.1, 0.15) is 21.7 Å². The number of hydrogen-bond acceptors (Lipinski definition) is 6. The number of Topliss-reactive ketones (excluding diaryl/α,β-unsaturated/α-hetero) is 1. The molecule has 1 aliphatic rings. The summed E-state index contributed by atoms with van der Waals surface area (Å²) in [4.78, 5) is 13.1. The molecule has 156 valence electrons. The SMILES string of the molecule is Cc1cc(C(=O)CSc2nncn2-c2ccccc2)c(C)n1-c1ccc2c(c1)OCO2. The van der Waals surface area contributed by atoms with E-state index in [0.717, 1.165) is 28.5 Å². The second-order valence-corrected chi connectivity index (χ2v) is 8.13. The minimum absolute atomic E-state index is 0.0488. The number of aryl methyl sites for hydroxylation is 1. The molecule has 2 aromatic carbocycles. The van der Waals surface area contributed by atoms with Crippen LogP contribution in [0.5, 0.6) is 11.5 Å². The maximum atomic E-state index is 13.1. The van der Waals surface area contributed by atoms with E-state index < -0.39 is 0 Å². The van der Waals surface area contributed by atoms with Gasteiger partial charge in [0.15, 0.2) is 22.4 Å². The van der Waals surface area contributed by atoms with Crippen LogP contribution >= 0.6 is 11.8 Å². The number of fused-ring (bicyclic) bond motifs is 1. The predicted molar refractivity (Wildman–Crippen MR) is 118 cm³/mol. The Morgan fingerprint density at radius 2 is 1.84 bits per heavy atom. The lowest BCUT2D eigenvalue weighted by Gasteiger charge is -2.11. The monoisotopic (exact) mass is 432 g/mol. The van der Waals surface area contributed by atoms with Gasteiger partial charge in [0.05, 0.1) is 5.75 Å². The molecular formula is C23H20N4O3S. The minimum Gasteiger partial charge on any atom is -0.454 e. The Morgan fingerprint density at radius 1 is 1.03 bits per heavy atom. The van der Waals surface area contributed by atoms with Crippen LogP contribution < -0.4 is 9.47 Å². The van der Waals surface area contributed by atoms with E-state index in [1.165, 1.54) is 11.8 Å². The number of aromatic nitrogens is 4. The molecule has 7 nitrogen and oxygen atoms in total. The zero-order valence-electron chi connectivity index (χ0n) is 17.1. The first-order valence-corrected chi connectivity index (χ1v) is 10.8. The van der Waals surface area contributed by atoms with Gasteiger partial charge in [-0.05, 0) is 44.2 Å². The molecule has 0 unspecified atom stereocenters. The van der Waals surface area contributed by atoms with Crippen molar-refractivity contribution < 1.29 is 14.3 Å². The standard InChI is InChI=1S/C23H20N4O3S/c1-15-10-19(16(2)27(15)18-8-9-21-22(11-18)30-14-29-21)20(28)12-31-23-25-24-13-26(23)17-6-4-3-5-7-17/h3-11,13H,12,14H2,1-2H3. The fraction of sp³-hybridized carbons (Fsp3) is 0.174. The summed E-state index contributed by atoms with van der Waals surface area (Å²) in [6, 6.07) is 17.6. The molecule has 0 bridgehead atoms. The Hall–Kier alpha value is -3.52. The van der Waals surface area contributed by atoms with Gasteiger partial charge in [0.2, 0.25) is 6.79 Å². The summed E-state index contributed by atoms with van der Waals surface area (Å²) in [7, 11) is 0. The highest BCUT2D eigenvalue weighted by atomic mass is 32.2. The number of ketones is 1. The summed E-state index contributed by atoms with van der Waals surface area (Å²) in [6.07, 6.45) is 1.66. The van der Waals surface area contributed by atoms with E-state index in [-0.39, 0.29) is 18.3 Å². The van der Waals surface area contributed by atoms with Crippen molar-refractivity contribution in [3.8, 4) is 22.9 Å². The number of benzene rings is 2. The molecule has 0 radical (unpaired) electrons. The van der Waals surface area contributed by atoms with Gasteiger partial charge in [0, 0.05) is 34.4 Å². The van der Waals surface area contributed by atoms with Crippen molar-refractivity contribution in [3.63, 3.8) is 0 Å². The summed E-state index contributed by atoms with van der Waals surface area (Å²) in [5.41, 5.74) is 4.48. The number of hydrogen-bond donors (Lipinski definition) is 0. The lowest BCUT2D eigenvalue weighted by atomic mass is 10.2. The number of ether oxygens (including phenoxy) is 2. The van der Waals surface area contributed by atoms with Crippen LogP contribution in [0.25, 0.3) is 11.4 Å². The summed E-state index contributed by atoms with van der Waals surface area (Å²) >= 11 is 1.38. The molecule has 4 aromatic rings. The van der Waals surface area contributed by atoms with Crippen molar-refractivity contribution in [1.29, 1.82) is 0 Å². The Bertz CT molecular complexity index is 1260. The fourth-order valence-corrected chi connectivity index (χ4v) is 4.58. The first-order valence-electron chi connectivity index (χ1n) is 9.82. The number of para-hydroxylation sites is 1. The van der Waals surface area contributed by atoms with Gasteiger partial charge < -0.3 is 14.0 Å². The summed E-state index contributed by atoms with van der Waals surface area (Å²) in [5, 5.41) is 8.87. The Morgan fingerprint density at radius 3 is 2.68 bits per heavy atom. The lowest BCUT2D eigenvalue weighted by molar-refractivity contribution is 0.102. The molecule has 0 amide bonds. The maximum Gasteiger partial charge on any atom is 0.231 e. The van der Waals surface area contributed by atoms with Crippen molar-refractivity contribution in [1.82, 2.24) is 19.3 Å². The zero-order chi connectivity index (χ0) is 21.4. The van der Waals surface area contributed by atoms with Crippen LogP contribution in [0.15, 0.2) is 66.1 Å². The van der Waals surface area contributed by atoms with Gasteiger partial charge in [0.1, 0.15) is 6.33 Å². The molecule has 0 N–H and O–H groups in total. The van der Waals surface area contributed by atoms with Gasteiger partial charge in [-0.15, -0.1) is 10.2 Å². The molecule has 5 rings (SSSR count). The van der Waals surface area contributed by atoms with Gasteiger partial charge in [-0.25, -0.2) is 0 Å². The van der Waals surface area contributed by atoms with E-state index >= 15 is 0 Å². The summed E-state index contributed by atoms with van der Waals surface area (Å²) in [5.74, 6) is 1.78. The Labute approximate surface area is 183 Å². The molecule has 2 aromatic heterocycles. The molecule has 0 atom stereocenters. The second-order valence-electron chi connectivity index (χ2n) is 7.19. The second kappa shape index (κ2) is 7.96. The lowest BCUT2D eigenvalue weighted by Crippen LogP contribution is -2.06. The van der Waals surface area contributed by atoms with E-state index in [9.17, 15) is 4.79 Å². The van der Waals surface area contributed by atoms with Crippen LogP contribution in [-0.2, 0) is 0 Å². The number of thioether (sulfide) groups is 1. The molecule has 1 aliphatic heterocycles. The quantitative estimate of drug-likeness (QED) is 0.333. The van der Waals surface area contributed by atoms with E-state index in [4.69, 9.17) is 9.47 Å². The van der Waals surface area contributed by atoms with E-state index in [2.05, 4.69) is 14.8 Å². The van der Waals surface area contributed by atoms with Crippen LogP contribution in [-0.4, -0.2) is 37.7 Å². The molecule has 0 spiro atoms. The van der Waals surface area contributed by atoms with Crippen molar-refractivity contribution in [2.24, 2.45) is 0 Å². The summed E-state index contributed by atoms with van der Waals surface area (Å²) < 4.78 is 14.8. The normalized spacial score (nSPS) is 12.3. The van der Waals surface area contributed by atoms with Crippen molar-refractivity contribution in [2.45, 2.75) is 19.0 Å². The van der Waals surface area contributed by atoms with Gasteiger partial charge in [-0.1, -0.05) is 30.0 Å². The third-order valence-electron chi connectivity index (χ3n) is 5.23. The largest absolute Gasteiger partial charge is 0.454 e. The van der Waals surface area contributed by atoms with Crippen LogP contribution in [0.2, 0.25) is 0 Å². The van der Waals surface area contributed by atoms with Crippen molar-refractivity contribution in [2.75, 3.05) is 12.5 Å². The van der Waals surface area contributed by atoms with Gasteiger partial charge >= 0.3 is 0 Å². The van der Waals surface area contributed by atoms with Crippen molar-refractivity contribution in [3.05, 3.63) is 77.9 Å². The van der Waals surface area contributed by atoms with Gasteiger partial charge in [-0.2, -0.15) is 0 Å². The molecule has 8 heteroatoms. The number of rotatable bonds is 6. The van der Waals surface area contributed by atoms with Crippen LogP contribution in [0.4, 0.5) is 0 Å². The molecule has 0 aliphatic carbocycles. The van der Waals surface area contributed by atoms with E-state index in [0.29, 0.717) is 16.5 Å². The average Bonchev–Trinajstić information content (AvgIpc) is 3.51. The Balaban J connectivity index is 1.37. The molecule has 31 heavy (non-hydrogen) atoms. The number of carbonyl (C=O) groups excluding carboxylic acids is 1. The van der Waals surface area contributed by atoms with E-state index in [1.54, 1.807) is 6.33 Å². The maximum absolute atomic E-state index is 13.1. The van der Waals surface area contributed by atoms with Crippen LogP contribution in [0.3, 0.4) is 0 Å².